The number of aromatic nitrogens is 6. The van der Waals surface area contributed by atoms with Crippen LogP contribution >= 0.6 is 0 Å². The topological polar surface area (TPSA) is 84.6 Å². The van der Waals surface area contributed by atoms with Crippen LogP contribution in [0.3, 0.4) is 0 Å². The summed E-state index contributed by atoms with van der Waals surface area (Å²) < 4.78 is 3.96. The molecule has 2 aromatic carbocycles. The molecule has 7 nitrogen and oxygen atoms in total. The van der Waals surface area contributed by atoms with Crippen LogP contribution in [0.5, 0.6) is 0 Å². The summed E-state index contributed by atoms with van der Waals surface area (Å²) in [5.41, 5.74) is 4.88. The van der Waals surface area contributed by atoms with Crippen molar-refractivity contribution in [1.29, 1.82) is 0 Å². The average molecular weight is 370 g/mol. The van der Waals surface area contributed by atoms with Crippen LogP contribution in [0.15, 0.2) is 73.3 Å². The lowest BCUT2D eigenvalue weighted by atomic mass is 10.1. The lowest BCUT2D eigenvalue weighted by Crippen LogP contribution is -2.04. The molecule has 138 valence electrons. The second kappa shape index (κ2) is 6.79. The molecular formula is C21H18N6O. The van der Waals surface area contributed by atoms with Crippen molar-refractivity contribution in [1.82, 2.24) is 29.3 Å². The fourth-order valence-corrected chi connectivity index (χ4v) is 3.43. The van der Waals surface area contributed by atoms with E-state index in [1.54, 1.807) is 12.4 Å². The van der Waals surface area contributed by atoms with E-state index in [2.05, 4.69) is 36.8 Å². The number of imidazole rings is 2. The van der Waals surface area contributed by atoms with Crippen molar-refractivity contribution < 1.29 is 5.11 Å². The first-order chi connectivity index (χ1) is 13.8. The van der Waals surface area contributed by atoms with Crippen LogP contribution in [0.2, 0.25) is 0 Å². The average Bonchev–Trinajstić information content (AvgIpc) is 3.47. The summed E-state index contributed by atoms with van der Waals surface area (Å²) in [4.78, 5) is 12.1. The first kappa shape index (κ1) is 16.5. The van der Waals surface area contributed by atoms with Gasteiger partial charge in [0.05, 0.1) is 17.6 Å². The van der Waals surface area contributed by atoms with Gasteiger partial charge in [0.25, 0.3) is 0 Å². The third kappa shape index (κ3) is 2.87. The number of rotatable bonds is 5. The maximum Gasteiger partial charge on any atom is 0.144 e. The molecule has 0 bridgehead atoms. The number of aliphatic hydroxyl groups is 1. The van der Waals surface area contributed by atoms with Crippen molar-refractivity contribution >= 4 is 11.0 Å². The Kier molecular flexibility index (Phi) is 3.99. The van der Waals surface area contributed by atoms with Gasteiger partial charge in [-0.1, -0.05) is 24.3 Å². The molecule has 0 aliphatic rings. The van der Waals surface area contributed by atoms with E-state index in [9.17, 15) is 5.11 Å². The molecule has 7 heteroatoms. The largest absolute Gasteiger partial charge is 0.388 e. The van der Waals surface area contributed by atoms with E-state index in [1.807, 2.05) is 53.5 Å². The van der Waals surface area contributed by atoms with Crippen molar-refractivity contribution in [2.45, 2.75) is 13.2 Å². The van der Waals surface area contributed by atoms with E-state index >= 15 is 0 Å². The Morgan fingerprint density at radius 3 is 2.79 bits per heavy atom. The zero-order chi connectivity index (χ0) is 18.9. The molecule has 5 rings (SSSR count). The molecule has 2 N–H and O–H groups in total. The SMILES string of the molecule is OCc1nc2ccc(-n3ccnc3-c3ccccc3Cn3cccn3)cc2[nH]1. The Hall–Kier alpha value is -3.71. The molecule has 0 aliphatic heterocycles. The Morgan fingerprint density at radius 1 is 1.00 bits per heavy atom. The highest BCUT2D eigenvalue weighted by Crippen LogP contribution is 2.27. The third-order valence-corrected chi connectivity index (χ3v) is 4.73. The van der Waals surface area contributed by atoms with Crippen molar-refractivity contribution in [3.05, 3.63) is 84.7 Å². The second-order valence-electron chi connectivity index (χ2n) is 6.52. The van der Waals surface area contributed by atoms with Crippen LogP contribution in [0.4, 0.5) is 0 Å². The summed E-state index contributed by atoms with van der Waals surface area (Å²) >= 11 is 0. The maximum atomic E-state index is 9.30. The van der Waals surface area contributed by atoms with Gasteiger partial charge in [0.2, 0.25) is 0 Å². The van der Waals surface area contributed by atoms with Crippen LogP contribution in [-0.4, -0.2) is 34.4 Å². The van der Waals surface area contributed by atoms with E-state index in [1.165, 1.54) is 0 Å². The van der Waals surface area contributed by atoms with Crippen molar-refractivity contribution in [3.8, 4) is 17.1 Å². The lowest BCUT2D eigenvalue weighted by Gasteiger charge is -2.12. The number of nitrogens with one attached hydrogen (secondary N) is 1. The number of aliphatic hydroxyl groups excluding tert-OH is 1. The molecule has 0 radical (unpaired) electrons. The number of hydrogen-bond donors (Lipinski definition) is 2. The Labute approximate surface area is 160 Å². The number of hydrogen-bond acceptors (Lipinski definition) is 4. The predicted molar refractivity (Wildman–Crippen MR) is 106 cm³/mol. The minimum atomic E-state index is -0.110. The highest BCUT2D eigenvalue weighted by molar-refractivity contribution is 5.78. The van der Waals surface area contributed by atoms with Gasteiger partial charge in [0.15, 0.2) is 0 Å². The van der Waals surface area contributed by atoms with E-state index in [0.29, 0.717) is 12.4 Å². The van der Waals surface area contributed by atoms with Gasteiger partial charge in [-0.05, 0) is 29.8 Å². The van der Waals surface area contributed by atoms with Gasteiger partial charge in [-0.2, -0.15) is 5.10 Å². The standard InChI is InChI=1S/C21H18N6O/c28-14-20-24-18-7-6-16(12-19(18)25-20)27-11-9-22-21(27)17-5-2-1-4-15(17)13-26-10-3-8-23-26/h1-12,28H,13-14H2,(H,24,25). The van der Waals surface area contributed by atoms with E-state index in [0.717, 1.165) is 33.7 Å². The fraction of sp³-hybridized carbons (Fsp3) is 0.0952. The molecule has 0 saturated carbocycles. The molecule has 0 unspecified atom stereocenters. The smallest absolute Gasteiger partial charge is 0.144 e. The van der Waals surface area contributed by atoms with Gasteiger partial charge < -0.3 is 10.1 Å². The number of H-pyrrole nitrogens is 1. The van der Waals surface area contributed by atoms with Gasteiger partial charge in [0.1, 0.15) is 18.3 Å². The van der Waals surface area contributed by atoms with Crippen molar-refractivity contribution in [2.75, 3.05) is 0 Å². The maximum absolute atomic E-state index is 9.30. The second-order valence-corrected chi connectivity index (χ2v) is 6.52. The summed E-state index contributed by atoms with van der Waals surface area (Å²) in [7, 11) is 0. The van der Waals surface area contributed by atoms with Crippen molar-refractivity contribution in [3.63, 3.8) is 0 Å². The fourth-order valence-electron chi connectivity index (χ4n) is 3.43. The van der Waals surface area contributed by atoms with Crippen LogP contribution < -0.4 is 0 Å². The number of nitrogens with zero attached hydrogens (tertiary/aromatic N) is 5. The molecule has 0 saturated heterocycles. The molecule has 0 atom stereocenters. The van der Waals surface area contributed by atoms with Crippen LogP contribution in [0.25, 0.3) is 28.1 Å². The Balaban J connectivity index is 1.59. The lowest BCUT2D eigenvalue weighted by molar-refractivity contribution is 0.273. The summed E-state index contributed by atoms with van der Waals surface area (Å²) in [6.45, 7) is 0.566. The Bertz CT molecular complexity index is 1240. The third-order valence-electron chi connectivity index (χ3n) is 4.73. The van der Waals surface area contributed by atoms with Gasteiger partial charge >= 0.3 is 0 Å². The monoisotopic (exact) mass is 370 g/mol. The summed E-state index contributed by atoms with van der Waals surface area (Å²) in [5, 5.41) is 13.6. The van der Waals surface area contributed by atoms with Crippen LogP contribution in [0, 0.1) is 0 Å². The molecule has 0 aliphatic carbocycles. The first-order valence-corrected chi connectivity index (χ1v) is 9.01. The van der Waals surface area contributed by atoms with Gasteiger partial charge in [0, 0.05) is 36.0 Å². The predicted octanol–water partition coefficient (Wildman–Crippen LogP) is 3.15. The normalized spacial score (nSPS) is 11.3. The van der Waals surface area contributed by atoms with E-state index in [-0.39, 0.29) is 6.61 Å². The van der Waals surface area contributed by atoms with Gasteiger partial charge in [-0.3, -0.25) is 9.25 Å². The van der Waals surface area contributed by atoms with Gasteiger partial charge in [-0.15, -0.1) is 0 Å². The Morgan fingerprint density at radius 2 is 1.93 bits per heavy atom. The zero-order valence-corrected chi connectivity index (χ0v) is 15.0. The van der Waals surface area contributed by atoms with Gasteiger partial charge in [-0.25, -0.2) is 9.97 Å². The molecule has 0 amide bonds. The minimum Gasteiger partial charge on any atom is -0.388 e. The summed E-state index contributed by atoms with van der Waals surface area (Å²) in [6, 6.07) is 16.1. The summed E-state index contributed by atoms with van der Waals surface area (Å²) in [5.74, 6) is 1.42. The highest BCUT2D eigenvalue weighted by Gasteiger charge is 2.13. The molecule has 28 heavy (non-hydrogen) atoms. The molecular weight excluding hydrogens is 352 g/mol. The van der Waals surface area contributed by atoms with Crippen LogP contribution in [0.1, 0.15) is 11.4 Å². The van der Waals surface area contributed by atoms with Crippen molar-refractivity contribution in [2.24, 2.45) is 0 Å². The molecule has 5 aromatic rings. The van der Waals surface area contributed by atoms with Crippen LogP contribution in [-0.2, 0) is 13.2 Å². The molecule has 0 spiro atoms. The van der Waals surface area contributed by atoms with E-state index < -0.39 is 0 Å². The number of fused-ring (bicyclic) bond motifs is 1. The molecule has 0 fully saturated rings. The number of aromatic amines is 1. The van der Waals surface area contributed by atoms with E-state index in [4.69, 9.17) is 0 Å². The highest BCUT2D eigenvalue weighted by atomic mass is 16.3. The minimum absolute atomic E-state index is 0.110. The molecule has 3 aromatic heterocycles. The summed E-state index contributed by atoms with van der Waals surface area (Å²) in [6.07, 6.45) is 7.48. The molecule has 3 heterocycles. The zero-order valence-electron chi connectivity index (χ0n) is 15.0. The first-order valence-electron chi connectivity index (χ1n) is 9.01. The quantitative estimate of drug-likeness (QED) is 0.498. The number of benzene rings is 2.